The zero-order valence-electron chi connectivity index (χ0n) is 19.3. The molecule has 5 rings (SSSR count). The number of carbonyl (C=O) groups is 2. The minimum absolute atomic E-state index is 0.0709. The maximum absolute atomic E-state index is 13.9. The number of thiophene rings is 1. The van der Waals surface area contributed by atoms with E-state index in [1.54, 1.807) is 4.90 Å². The molecule has 1 N–H and O–H groups in total. The van der Waals surface area contributed by atoms with Gasteiger partial charge < -0.3 is 10.2 Å². The summed E-state index contributed by atoms with van der Waals surface area (Å²) in [6.45, 7) is 2.57. The lowest BCUT2D eigenvalue weighted by Crippen LogP contribution is -2.55. The molecule has 1 aromatic heterocycles. The summed E-state index contributed by atoms with van der Waals surface area (Å²) in [6.07, 6.45) is -4.45. The van der Waals surface area contributed by atoms with Crippen LogP contribution in [0.5, 0.6) is 0 Å². The Morgan fingerprint density at radius 1 is 1.08 bits per heavy atom. The number of nitrogens with one attached hydrogen (secondary N) is 1. The molecule has 2 atom stereocenters. The van der Waals surface area contributed by atoms with Crippen LogP contribution < -0.4 is 5.32 Å². The van der Waals surface area contributed by atoms with E-state index in [2.05, 4.69) is 5.32 Å². The number of piperazine rings is 1. The minimum Gasteiger partial charge on any atom is -0.353 e. The quantitative estimate of drug-likeness (QED) is 0.526. The van der Waals surface area contributed by atoms with E-state index in [1.807, 2.05) is 48.7 Å². The predicted molar refractivity (Wildman–Crippen MR) is 131 cm³/mol. The third kappa shape index (κ3) is 4.60. The van der Waals surface area contributed by atoms with E-state index in [-0.39, 0.29) is 18.5 Å². The number of hydrogen-bond acceptors (Lipinski definition) is 4. The third-order valence-corrected chi connectivity index (χ3v) is 7.15. The molecule has 3 heterocycles. The molecule has 0 saturated carbocycles. The lowest BCUT2D eigenvalue weighted by atomic mass is 9.92. The molecule has 0 bridgehead atoms. The number of amides is 3. The van der Waals surface area contributed by atoms with Crippen molar-refractivity contribution in [1.29, 1.82) is 0 Å². The van der Waals surface area contributed by atoms with Gasteiger partial charge in [-0.25, -0.2) is 4.79 Å². The third-order valence-electron chi connectivity index (χ3n) is 6.29. The molecule has 36 heavy (non-hydrogen) atoms. The van der Waals surface area contributed by atoms with Crippen LogP contribution in [-0.2, 0) is 11.0 Å². The Morgan fingerprint density at radius 3 is 2.50 bits per heavy atom. The Hall–Kier alpha value is -3.66. The fourth-order valence-electron chi connectivity index (χ4n) is 4.60. The molecule has 2 unspecified atom stereocenters. The smallest absolute Gasteiger partial charge is 0.353 e. The van der Waals surface area contributed by atoms with Gasteiger partial charge in [-0.2, -0.15) is 13.2 Å². The van der Waals surface area contributed by atoms with Crippen LogP contribution in [-0.4, -0.2) is 47.2 Å². The van der Waals surface area contributed by atoms with Crippen LogP contribution in [0.3, 0.4) is 0 Å². The molecule has 10 heteroatoms. The van der Waals surface area contributed by atoms with Gasteiger partial charge in [0.05, 0.1) is 16.5 Å². The van der Waals surface area contributed by atoms with Gasteiger partial charge in [0, 0.05) is 13.1 Å². The summed E-state index contributed by atoms with van der Waals surface area (Å²) in [5.41, 5.74) is 1.61. The van der Waals surface area contributed by atoms with Crippen LogP contribution >= 0.6 is 11.3 Å². The fraction of sp³-hybridized carbons (Fsp3) is 0.269. The highest BCUT2D eigenvalue weighted by molar-refractivity contribution is 7.12. The van der Waals surface area contributed by atoms with Gasteiger partial charge in [-0.3, -0.25) is 14.7 Å². The summed E-state index contributed by atoms with van der Waals surface area (Å²) in [4.78, 5) is 34.7. The number of halogens is 3. The first-order valence-electron chi connectivity index (χ1n) is 11.4. The van der Waals surface area contributed by atoms with Gasteiger partial charge in [-0.15, -0.1) is 11.3 Å². The maximum Gasteiger partial charge on any atom is 0.416 e. The highest BCUT2D eigenvalue weighted by atomic mass is 32.1. The zero-order valence-corrected chi connectivity index (χ0v) is 20.1. The van der Waals surface area contributed by atoms with E-state index >= 15 is 0 Å². The molecule has 2 aliphatic rings. The number of nitrogens with zero attached hydrogens (tertiary/aromatic N) is 3. The first-order chi connectivity index (χ1) is 17.2. The van der Waals surface area contributed by atoms with E-state index in [4.69, 9.17) is 4.99 Å². The Kier molecular flexibility index (Phi) is 6.29. The van der Waals surface area contributed by atoms with Gasteiger partial charge in [0.25, 0.3) is 0 Å². The van der Waals surface area contributed by atoms with Crippen molar-refractivity contribution in [1.82, 2.24) is 15.1 Å². The molecule has 0 spiro atoms. The highest BCUT2D eigenvalue weighted by Gasteiger charge is 2.45. The summed E-state index contributed by atoms with van der Waals surface area (Å²) in [6, 6.07) is 14.7. The van der Waals surface area contributed by atoms with E-state index in [0.717, 1.165) is 28.1 Å². The van der Waals surface area contributed by atoms with Crippen molar-refractivity contribution in [3.63, 3.8) is 0 Å². The molecule has 2 aliphatic heterocycles. The first kappa shape index (κ1) is 24.1. The highest BCUT2D eigenvalue weighted by Crippen LogP contribution is 2.45. The molecule has 1 fully saturated rings. The van der Waals surface area contributed by atoms with Crippen molar-refractivity contribution in [2.24, 2.45) is 4.99 Å². The number of alkyl halides is 3. The lowest BCUT2D eigenvalue weighted by molar-refractivity contribution is -0.137. The van der Waals surface area contributed by atoms with Gasteiger partial charge in [0.15, 0.2) is 5.84 Å². The van der Waals surface area contributed by atoms with Crippen molar-refractivity contribution < 1.29 is 22.8 Å². The molecule has 1 saturated heterocycles. The van der Waals surface area contributed by atoms with E-state index < -0.39 is 23.8 Å². The molecule has 3 aromatic rings. The Bertz CT molecular complexity index is 1310. The second kappa shape index (κ2) is 9.42. The number of benzene rings is 2. The second-order valence-electron chi connectivity index (χ2n) is 8.78. The Balaban J connectivity index is 1.63. The molecule has 0 radical (unpaired) electrons. The van der Waals surface area contributed by atoms with Crippen molar-refractivity contribution in [2.75, 3.05) is 19.6 Å². The molecule has 0 aliphatic carbocycles. The van der Waals surface area contributed by atoms with Gasteiger partial charge in [0.1, 0.15) is 12.6 Å². The van der Waals surface area contributed by atoms with Crippen molar-refractivity contribution in [2.45, 2.75) is 25.2 Å². The average Bonchev–Trinajstić information content (AvgIpc) is 3.51. The molecular weight excluding hydrogens is 489 g/mol. The van der Waals surface area contributed by atoms with Crippen molar-refractivity contribution >= 4 is 29.1 Å². The van der Waals surface area contributed by atoms with Gasteiger partial charge in [-0.05, 0) is 41.6 Å². The molecule has 2 aromatic carbocycles. The first-order valence-corrected chi connectivity index (χ1v) is 12.3. The normalized spacial score (nSPS) is 20.3. The van der Waals surface area contributed by atoms with Crippen molar-refractivity contribution in [3.8, 4) is 0 Å². The number of amidine groups is 1. The van der Waals surface area contributed by atoms with Gasteiger partial charge in [0.2, 0.25) is 5.91 Å². The fourth-order valence-corrected chi connectivity index (χ4v) is 5.32. The van der Waals surface area contributed by atoms with E-state index in [0.29, 0.717) is 24.5 Å². The second-order valence-corrected chi connectivity index (χ2v) is 9.73. The maximum atomic E-state index is 13.9. The number of hydrogen-bond donors (Lipinski definition) is 1. The molecule has 186 valence electrons. The Labute approximate surface area is 210 Å². The topological polar surface area (TPSA) is 65.0 Å². The minimum atomic E-state index is -4.45. The van der Waals surface area contributed by atoms with E-state index in [9.17, 15) is 22.8 Å². The van der Waals surface area contributed by atoms with Crippen LogP contribution in [0.1, 0.15) is 39.2 Å². The summed E-state index contributed by atoms with van der Waals surface area (Å²) >= 11 is 1.42. The number of urea groups is 1. The summed E-state index contributed by atoms with van der Waals surface area (Å²) in [5, 5.41) is 4.60. The number of rotatable bonds is 3. The predicted octanol–water partition coefficient (Wildman–Crippen LogP) is 5.17. The zero-order chi connectivity index (χ0) is 25.4. The number of aryl methyl sites for hydroxylation is 1. The van der Waals surface area contributed by atoms with Crippen molar-refractivity contribution in [3.05, 3.63) is 93.2 Å². The van der Waals surface area contributed by atoms with Crippen LogP contribution in [0.2, 0.25) is 0 Å². The molecular formula is C26H23F3N4O2S. The van der Waals surface area contributed by atoms with Crippen LogP contribution in [0, 0.1) is 6.92 Å². The van der Waals surface area contributed by atoms with Gasteiger partial charge >= 0.3 is 12.2 Å². The number of carbonyl (C=O) groups excluding carboxylic acids is 2. The largest absolute Gasteiger partial charge is 0.416 e. The number of aliphatic imine (C=N–C) groups is 1. The SMILES string of the molecule is Cc1cccc(C2C(c3ccc(C(F)(F)F)cc3)N=C(c3cccs3)N2C(=O)N2CCNC(=O)C2)c1. The van der Waals surface area contributed by atoms with Crippen LogP contribution in [0.15, 0.2) is 71.0 Å². The average molecular weight is 513 g/mol. The van der Waals surface area contributed by atoms with E-state index in [1.165, 1.54) is 28.4 Å². The van der Waals surface area contributed by atoms with Crippen LogP contribution in [0.25, 0.3) is 0 Å². The molecule has 3 amide bonds. The summed E-state index contributed by atoms with van der Waals surface area (Å²) < 4.78 is 39.7. The lowest BCUT2D eigenvalue weighted by Gasteiger charge is -2.35. The van der Waals surface area contributed by atoms with Gasteiger partial charge in [-0.1, -0.05) is 48.0 Å². The standard InChI is InChI=1S/C26H23F3N4O2S/c1-16-4-2-5-18(14-16)23-22(17-7-9-19(10-8-17)26(27,28)29)31-24(20-6-3-13-36-20)33(23)25(35)32-12-11-30-21(34)15-32/h2-10,13-14,22-23H,11-12,15H2,1H3,(H,30,34). The Morgan fingerprint density at radius 2 is 1.86 bits per heavy atom. The van der Waals surface area contributed by atoms with Crippen LogP contribution in [0.4, 0.5) is 18.0 Å². The monoisotopic (exact) mass is 512 g/mol. The summed E-state index contributed by atoms with van der Waals surface area (Å²) in [7, 11) is 0. The molecule has 6 nitrogen and oxygen atoms in total. The summed E-state index contributed by atoms with van der Waals surface area (Å²) in [5.74, 6) is 0.201.